The smallest absolute Gasteiger partial charge is 0.222 e. The molecule has 174 valence electrons. The van der Waals surface area contributed by atoms with Crippen LogP contribution in [0.15, 0.2) is 46.8 Å². The monoisotopic (exact) mass is 465 g/mol. The Kier molecular flexibility index (Phi) is 7.18. The molecule has 0 unspecified atom stereocenters. The van der Waals surface area contributed by atoms with Crippen molar-refractivity contribution in [3.8, 4) is 22.8 Å². The van der Waals surface area contributed by atoms with Gasteiger partial charge < -0.3 is 18.9 Å². The average molecular weight is 466 g/mol. The summed E-state index contributed by atoms with van der Waals surface area (Å²) in [4.78, 5) is 19.9. The summed E-state index contributed by atoms with van der Waals surface area (Å²) in [5, 5.41) is 2.12. The van der Waals surface area contributed by atoms with E-state index in [1.165, 1.54) is 11.1 Å². The van der Waals surface area contributed by atoms with Crippen molar-refractivity contribution in [1.82, 2.24) is 9.47 Å². The van der Waals surface area contributed by atoms with Gasteiger partial charge >= 0.3 is 0 Å². The number of benzene rings is 2. The lowest BCUT2D eigenvalue weighted by molar-refractivity contribution is -0.127. The van der Waals surface area contributed by atoms with Crippen LogP contribution in [0.5, 0.6) is 11.5 Å². The topological polar surface area (TPSA) is 56.1 Å². The Morgan fingerprint density at radius 1 is 1.03 bits per heavy atom. The third-order valence-electron chi connectivity index (χ3n) is 5.89. The first-order chi connectivity index (χ1) is 16.0. The van der Waals surface area contributed by atoms with Crippen molar-refractivity contribution >= 4 is 22.9 Å². The Hall–Kier alpha value is -3.06. The Morgan fingerprint density at radius 3 is 2.48 bits per heavy atom. The molecule has 2 aromatic carbocycles. The number of aryl methyl sites for hydroxylation is 2. The largest absolute Gasteiger partial charge is 0.497 e. The van der Waals surface area contributed by atoms with E-state index < -0.39 is 0 Å². The molecule has 0 atom stereocenters. The van der Waals surface area contributed by atoms with Gasteiger partial charge in [0.1, 0.15) is 11.5 Å². The summed E-state index contributed by atoms with van der Waals surface area (Å²) in [6, 6.07) is 12.2. The van der Waals surface area contributed by atoms with Crippen LogP contribution in [0.3, 0.4) is 0 Å². The van der Waals surface area contributed by atoms with Crippen LogP contribution in [-0.2, 0) is 11.3 Å². The predicted octanol–water partition coefficient (Wildman–Crippen LogP) is 5.10. The molecule has 1 aromatic heterocycles. The number of methoxy groups -OCH3 is 2. The Balaban J connectivity index is 1.75. The molecule has 1 saturated heterocycles. The van der Waals surface area contributed by atoms with Crippen LogP contribution >= 0.6 is 11.3 Å². The van der Waals surface area contributed by atoms with Crippen LogP contribution in [0.2, 0.25) is 0 Å². The summed E-state index contributed by atoms with van der Waals surface area (Å²) in [6.45, 7) is 6.57. The van der Waals surface area contributed by atoms with E-state index in [4.69, 9.17) is 14.5 Å². The highest BCUT2D eigenvalue weighted by atomic mass is 32.1. The molecule has 3 aromatic rings. The summed E-state index contributed by atoms with van der Waals surface area (Å²) < 4.78 is 13.4. The summed E-state index contributed by atoms with van der Waals surface area (Å²) in [6.07, 6.45) is 2.50. The van der Waals surface area contributed by atoms with Crippen LogP contribution in [0.4, 0.5) is 5.69 Å². The zero-order valence-corrected chi connectivity index (χ0v) is 20.6. The SMILES string of the molecule is COc1ccc(OC)c(-c2csc(=Nc3cc(C)cc(C)c3)n2CCCN2CCCC2=O)c1. The minimum absolute atomic E-state index is 0.264. The number of carbonyl (C=O) groups excluding carboxylic acids is 1. The number of nitrogens with zero attached hydrogens (tertiary/aromatic N) is 3. The zero-order chi connectivity index (χ0) is 23.4. The molecule has 4 rings (SSSR count). The highest BCUT2D eigenvalue weighted by Gasteiger charge is 2.20. The average Bonchev–Trinajstić information content (AvgIpc) is 3.38. The summed E-state index contributed by atoms with van der Waals surface area (Å²) in [5.41, 5.74) is 5.33. The summed E-state index contributed by atoms with van der Waals surface area (Å²) in [7, 11) is 3.35. The van der Waals surface area contributed by atoms with Crippen molar-refractivity contribution in [2.45, 2.75) is 39.7 Å². The second-order valence-corrected chi connectivity index (χ2v) is 9.25. The van der Waals surface area contributed by atoms with Gasteiger partial charge in [0.05, 0.1) is 25.6 Å². The molecule has 1 aliphatic rings. The van der Waals surface area contributed by atoms with E-state index >= 15 is 0 Å². The van der Waals surface area contributed by atoms with Gasteiger partial charge in [-0.15, -0.1) is 11.3 Å². The van der Waals surface area contributed by atoms with Gasteiger partial charge in [-0.25, -0.2) is 4.99 Å². The Labute approximate surface area is 199 Å². The van der Waals surface area contributed by atoms with Gasteiger partial charge in [-0.1, -0.05) is 6.07 Å². The fourth-order valence-electron chi connectivity index (χ4n) is 4.35. The number of thiazole rings is 1. The first kappa shape index (κ1) is 23.1. The summed E-state index contributed by atoms with van der Waals surface area (Å²) >= 11 is 1.61. The van der Waals surface area contributed by atoms with Crippen molar-refractivity contribution < 1.29 is 14.3 Å². The first-order valence-electron chi connectivity index (χ1n) is 11.3. The molecule has 1 aliphatic heterocycles. The third-order valence-corrected chi connectivity index (χ3v) is 6.76. The normalized spacial score (nSPS) is 14.2. The maximum absolute atomic E-state index is 12.1. The van der Waals surface area contributed by atoms with Gasteiger partial charge in [-0.3, -0.25) is 4.79 Å². The summed E-state index contributed by atoms with van der Waals surface area (Å²) in [5.74, 6) is 1.83. The number of hydrogen-bond acceptors (Lipinski definition) is 5. The molecule has 33 heavy (non-hydrogen) atoms. The van der Waals surface area contributed by atoms with Crippen LogP contribution in [0, 0.1) is 13.8 Å². The minimum atomic E-state index is 0.264. The maximum Gasteiger partial charge on any atom is 0.222 e. The number of hydrogen-bond donors (Lipinski definition) is 0. The third kappa shape index (κ3) is 5.30. The van der Waals surface area contributed by atoms with E-state index in [2.05, 4.69) is 42.0 Å². The van der Waals surface area contributed by atoms with Crippen LogP contribution < -0.4 is 14.3 Å². The predicted molar refractivity (Wildman–Crippen MR) is 132 cm³/mol. The molecule has 2 heterocycles. The first-order valence-corrected chi connectivity index (χ1v) is 12.2. The van der Waals surface area contributed by atoms with E-state index in [0.717, 1.165) is 65.7 Å². The Morgan fingerprint density at radius 2 is 1.82 bits per heavy atom. The molecule has 0 bridgehead atoms. The molecule has 0 saturated carbocycles. The van der Waals surface area contributed by atoms with Gasteiger partial charge in [0.2, 0.25) is 5.91 Å². The maximum atomic E-state index is 12.1. The number of ether oxygens (including phenoxy) is 2. The second kappa shape index (κ2) is 10.3. The Bertz CT molecular complexity index is 1190. The van der Waals surface area contributed by atoms with Crippen molar-refractivity contribution in [3.63, 3.8) is 0 Å². The molecular weight excluding hydrogens is 434 g/mol. The van der Waals surface area contributed by atoms with Crippen molar-refractivity contribution in [2.75, 3.05) is 27.3 Å². The lowest BCUT2D eigenvalue weighted by Crippen LogP contribution is -2.27. The molecule has 1 fully saturated rings. The van der Waals surface area contributed by atoms with Crippen molar-refractivity contribution in [3.05, 3.63) is 57.7 Å². The molecule has 1 amide bonds. The molecular formula is C26H31N3O3S. The van der Waals surface area contributed by atoms with Gasteiger partial charge in [-0.05, 0) is 68.1 Å². The van der Waals surface area contributed by atoms with E-state index in [1.807, 2.05) is 23.1 Å². The molecule has 6 nitrogen and oxygen atoms in total. The number of likely N-dealkylation sites (tertiary alicyclic amines) is 1. The van der Waals surface area contributed by atoms with Gasteiger partial charge in [0, 0.05) is 37.0 Å². The fourth-order valence-corrected chi connectivity index (χ4v) is 5.30. The van der Waals surface area contributed by atoms with E-state index in [9.17, 15) is 4.79 Å². The highest BCUT2D eigenvalue weighted by molar-refractivity contribution is 7.07. The molecule has 7 heteroatoms. The fraction of sp³-hybridized carbons (Fsp3) is 0.385. The molecule has 0 spiro atoms. The number of rotatable bonds is 8. The molecule has 0 aliphatic carbocycles. The van der Waals surface area contributed by atoms with Crippen LogP contribution in [0.25, 0.3) is 11.3 Å². The van der Waals surface area contributed by atoms with Crippen LogP contribution in [0.1, 0.15) is 30.4 Å². The van der Waals surface area contributed by atoms with Gasteiger partial charge in [0.25, 0.3) is 0 Å². The molecule has 0 N–H and O–H groups in total. The number of amides is 1. The van der Waals surface area contributed by atoms with Gasteiger partial charge in [-0.2, -0.15) is 0 Å². The van der Waals surface area contributed by atoms with Crippen molar-refractivity contribution in [2.24, 2.45) is 4.99 Å². The number of aromatic nitrogens is 1. The van der Waals surface area contributed by atoms with E-state index in [1.54, 1.807) is 25.6 Å². The lowest BCUT2D eigenvalue weighted by atomic mass is 10.1. The zero-order valence-electron chi connectivity index (χ0n) is 19.8. The second-order valence-electron chi connectivity index (χ2n) is 8.42. The van der Waals surface area contributed by atoms with E-state index in [0.29, 0.717) is 6.42 Å². The quantitative estimate of drug-likeness (QED) is 0.465. The van der Waals surface area contributed by atoms with Crippen molar-refractivity contribution in [1.29, 1.82) is 0 Å². The van der Waals surface area contributed by atoms with Gasteiger partial charge in [0.15, 0.2) is 4.80 Å². The number of carbonyl (C=O) groups is 1. The molecule has 0 radical (unpaired) electrons. The minimum Gasteiger partial charge on any atom is -0.497 e. The van der Waals surface area contributed by atoms with E-state index in [-0.39, 0.29) is 5.91 Å². The standard InChI is InChI=1S/C26H31N3O3S/c1-18-13-19(2)15-20(14-18)27-26-29(12-6-11-28-10-5-7-25(28)30)23(17-33-26)22-16-21(31-3)8-9-24(22)32-4/h8-9,13-17H,5-7,10-12H2,1-4H3. The lowest BCUT2D eigenvalue weighted by Gasteiger charge is -2.17. The highest BCUT2D eigenvalue weighted by Crippen LogP contribution is 2.34. The van der Waals surface area contributed by atoms with Crippen LogP contribution in [-0.4, -0.2) is 42.7 Å².